The first kappa shape index (κ1) is 15.7. The zero-order chi connectivity index (χ0) is 17.6. The van der Waals surface area contributed by atoms with Crippen LogP contribution < -0.4 is 4.74 Å². The molecule has 0 amide bonds. The average Bonchev–Trinajstić information content (AvgIpc) is 3.07. The fourth-order valence-electron chi connectivity index (χ4n) is 3.49. The number of hydrogen-bond acceptors (Lipinski definition) is 4. The van der Waals surface area contributed by atoms with Crippen LogP contribution in [0.4, 0.5) is 0 Å². The number of H-pyrrole nitrogens is 1. The summed E-state index contributed by atoms with van der Waals surface area (Å²) in [4.78, 5) is 18.9. The Kier molecular flexibility index (Phi) is 3.69. The summed E-state index contributed by atoms with van der Waals surface area (Å²) in [5.41, 5.74) is 4.15. The van der Waals surface area contributed by atoms with E-state index < -0.39 is 12.1 Å². The molecule has 3 N–H and O–H groups in total. The zero-order valence-corrected chi connectivity index (χ0v) is 13.7. The minimum atomic E-state index is -1.63. The summed E-state index contributed by atoms with van der Waals surface area (Å²) in [6.45, 7) is 2.43. The zero-order valence-electron chi connectivity index (χ0n) is 13.7. The van der Waals surface area contributed by atoms with Gasteiger partial charge in [-0.05, 0) is 49.1 Å². The molecular weight excluding hydrogens is 320 g/mol. The van der Waals surface area contributed by atoms with Crippen molar-refractivity contribution in [3.63, 3.8) is 0 Å². The second-order valence-corrected chi connectivity index (χ2v) is 6.24. The van der Waals surface area contributed by atoms with E-state index in [2.05, 4.69) is 9.97 Å². The van der Waals surface area contributed by atoms with E-state index in [4.69, 9.17) is 4.74 Å². The van der Waals surface area contributed by atoms with Gasteiger partial charge in [-0.3, -0.25) is 0 Å². The lowest BCUT2D eigenvalue weighted by Crippen LogP contribution is -2.14. The number of aliphatic hydroxyl groups excluding tert-OH is 1. The van der Waals surface area contributed by atoms with Crippen LogP contribution in [0.2, 0.25) is 0 Å². The molecule has 2 aromatic heterocycles. The lowest BCUT2D eigenvalue weighted by atomic mass is 9.91. The van der Waals surface area contributed by atoms with Crippen molar-refractivity contribution in [2.24, 2.45) is 0 Å². The van der Waals surface area contributed by atoms with Crippen LogP contribution in [0, 0.1) is 6.92 Å². The maximum absolute atomic E-state index is 11.4. The van der Waals surface area contributed by atoms with Gasteiger partial charge in [0.1, 0.15) is 11.4 Å². The number of aromatic amines is 1. The molecule has 0 fully saturated rings. The van der Waals surface area contributed by atoms with Crippen LogP contribution in [0.1, 0.15) is 29.3 Å². The molecule has 4 rings (SSSR count). The van der Waals surface area contributed by atoms with Crippen LogP contribution in [0.5, 0.6) is 5.75 Å². The van der Waals surface area contributed by atoms with Gasteiger partial charge in [-0.25, -0.2) is 9.78 Å². The molecule has 0 radical (unpaired) electrons. The number of nitrogens with one attached hydrogen (secondary N) is 1. The van der Waals surface area contributed by atoms with Crippen LogP contribution >= 0.6 is 0 Å². The van der Waals surface area contributed by atoms with Crippen molar-refractivity contribution < 1.29 is 19.7 Å². The van der Waals surface area contributed by atoms with Gasteiger partial charge in [-0.1, -0.05) is 6.07 Å². The number of nitrogens with zero attached hydrogens (tertiary/aromatic N) is 1. The Bertz CT molecular complexity index is 977. The smallest absolute Gasteiger partial charge is 0.337 e. The number of carbonyl (C=O) groups is 1. The SMILES string of the molecule is Cc1nc2[nH]ccc2c(-c2ccc3c(c2)CCCO3)c1C(O)C(=O)O. The Morgan fingerprint density at radius 3 is 3.00 bits per heavy atom. The molecule has 0 aliphatic carbocycles. The maximum Gasteiger partial charge on any atom is 0.337 e. The highest BCUT2D eigenvalue weighted by molar-refractivity contribution is 5.97. The lowest BCUT2D eigenvalue weighted by molar-refractivity contribution is -0.146. The number of ether oxygens (including phenoxy) is 1. The van der Waals surface area contributed by atoms with E-state index in [0.29, 0.717) is 29.1 Å². The van der Waals surface area contributed by atoms with Crippen LogP contribution in [0.3, 0.4) is 0 Å². The summed E-state index contributed by atoms with van der Waals surface area (Å²) in [5.74, 6) is -0.422. The third kappa shape index (κ3) is 2.55. The van der Waals surface area contributed by atoms with Gasteiger partial charge in [0.05, 0.1) is 6.61 Å². The van der Waals surface area contributed by atoms with Gasteiger partial charge in [0.15, 0.2) is 6.10 Å². The fraction of sp³-hybridized carbons (Fsp3) is 0.263. The minimum Gasteiger partial charge on any atom is -0.493 e. The van der Waals surface area contributed by atoms with E-state index >= 15 is 0 Å². The number of fused-ring (bicyclic) bond motifs is 2. The van der Waals surface area contributed by atoms with E-state index in [1.807, 2.05) is 24.3 Å². The third-order valence-corrected chi connectivity index (χ3v) is 4.64. The summed E-state index contributed by atoms with van der Waals surface area (Å²) in [6, 6.07) is 7.69. The van der Waals surface area contributed by atoms with Gasteiger partial charge >= 0.3 is 5.97 Å². The number of aliphatic carboxylic acids is 1. The number of rotatable bonds is 3. The predicted octanol–water partition coefficient (Wildman–Crippen LogP) is 2.98. The average molecular weight is 338 g/mol. The van der Waals surface area contributed by atoms with E-state index in [1.54, 1.807) is 13.1 Å². The number of aliphatic hydroxyl groups is 1. The molecule has 3 heterocycles. The van der Waals surface area contributed by atoms with Gasteiger partial charge < -0.3 is 19.9 Å². The van der Waals surface area contributed by atoms with Gasteiger partial charge in [0.25, 0.3) is 0 Å². The normalized spacial score (nSPS) is 14.8. The molecule has 3 aromatic rings. The molecule has 25 heavy (non-hydrogen) atoms. The number of hydrogen-bond donors (Lipinski definition) is 3. The molecule has 0 spiro atoms. The Balaban J connectivity index is 2.00. The Morgan fingerprint density at radius 2 is 2.20 bits per heavy atom. The summed E-state index contributed by atoms with van der Waals surface area (Å²) < 4.78 is 5.66. The molecule has 0 saturated heterocycles. The highest BCUT2D eigenvalue weighted by Gasteiger charge is 2.26. The molecule has 0 bridgehead atoms. The Morgan fingerprint density at radius 1 is 1.36 bits per heavy atom. The number of carboxylic acids is 1. The van der Waals surface area contributed by atoms with Crippen LogP contribution in [0.25, 0.3) is 22.2 Å². The molecule has 1 atom stereocenters. The molecule has 1 aliphatic heterocycles. The summed E-state index contributed by atoms with van der Waals surface area (Å²) in [6.07, 6.45) is 2.00. The van der Waals surface area contributed by atoms with Gasteiger partial charge in [-0.2, -0.15) is 0 Å². The summed E-state index contributed by atoms with van der Waals surface area (Å²) >= 11 is 0. The summed E-state index contributed by atoms with van der Waals surface area (Å²) in [5, 5.41) is 20.4. The van der Waals surface area contributed by atoms with Crippen molar-refractivity contribution in [3.05, 3.63) is 47.3 Å². The predicted molar refractivity (Wildman–Crippen MR) is 92.7 cm³/mol. The minimum absolute atomic E-state index is 0.330. The van der Waals surface area contributed by atoms with Gasteiger partial charge in [-0.15, -0.1) is 0 Å². The second-order valence-electron chi connectivity index (χ2n) is 6.24. The third-order valence-electron chi connectivity index (χ3n) is 4.64. The van der Waals surface area contributed by atoms with Crippen molar-refractivity contribution in [2.45, 2.75) is 25.9 Å². The fourth-order valence-corrected chi connectivity index (χ4v) is 3.49. The summed E-state index contributed by atoms with van der Waals surface area (Å²) in [7, 11) is 0. The van der Waals surface area contributed by atoms with Crippen molar-refractivity contribution in [2.75, 3.05) is 6.61 Å². The molecular formula is C19H18N2O4. The standard InChI is InChI=1S/C19H18N2O4/c1-10-15(17(22)19(23)24)16(13-6-7-20-18(13)21-10)12-4-5-14-11(9-12)3-2-8-25-14/h4-7,9,17,22H,2-3,8H2,1H3,(H,20,21)(H,23,24). The Hall–Kier alpha value is -2.86. The van der Waals surface area contributed by atoms with Gasteiger partial charge in [0.2, 0.25) is 0 Å². The highest BCUT2D eigenvalue weighted by atomic mass is 16.5. The molecule has 6 heteroatoms. The monoisotopic (exact) mass is 338 g/mol. The lowest BCUT2D eigenvalue weighted by Gasteiger charge is -2.20. The van der Waals surface area contributed by atoms with Crippen LogP contribution in [-0.4, -0.2) is 32.8 Å². The largest absolute Gasteiger partial charge is 0.493 e. The highest BCUT2D eigenvalue weighted by Crippen LogP contribution is 2.38. The molecule has 128 valence electrons. The molecule has 0 saturated carbocycles. The van der Waals surface area contributed by atoms with E-state index in [0.717, 1.165) is 35.1 Å². The molecule has 6 nitrogen and oxygen atoms in total. The maximum atomic E-state index is 11.4. The van der Waals surface area contributed by atoms with Crippen LogP contribution in [0.15, 0.2) is 30.5 Å². The second kappa shape index (κ2) is 5.89. The Labute approximate surface area is 144 Å². The molecule has 1 unspecified atom stereocenters. The van der Waals surface area contributed by atoms with E-state index in [1.165, 1.54) is 0 Å². The number of benzene rings is 1. The first-order valence-electron chi connectivity index (χ1n) is 8.21. The molecule has 1 aliphatic rings. The first-order chi connectivity index (χ1) is 12.1. The van der Waals surface area contributed by atoms with Crippen molar-refractivity contribution in [3.8, 4) is 16.9 Å². The van der Waals surface area contributed by atoms with Crippen LogP contribution in [-0.2, 0) is 11.2 Å². The van der Waals surface area contributed by atoms with E-state index in [9.17, 15) is 15.0 Å². The van der Waals surface area contributed by atoms with Crippen molar-refractivity contribution in [1.82, 2.24) is 9.97 Å². The quantitative estimate of drug-likeness (QED) is 0.682. The number of aromatic nitrogens is 2. The first-order valence-corrected chi connectivity index (χ1v) is 8.21. The number of aryl methyl sites for hydroxylation is 2. The topological polar surface area (TPSA) is 95.4 Å². The number of pyridine rings is 1. The van der Waals surface area contributed by atoms with Gasteiger partial charge in [0, 0.05) is 28.4 Å². The number of carboxylic acid groups (broad SMARTS) is 1. The molecule has 1 aromatic carbocycles. The van der Waals surface area contributed by atoms with E-state index in [-0.39, 0.29) is 0 Å². The van der Waals surface area contributed by atoms with Crippen molar-refractivity contribution in [1.29, 1.82) is 0 Å². The van der Waals surface area contributed by atoms with Crippen molar-refractivity contribution >= 4 is 17.0 Å².